The van der Waals surface area contributed by atoms with Gasteiger partial charge in [0.15, 0.2) is 0 Å². The molecule has 1 saturated heterocycles. The number of hydrogen-bond acceptors (Lipinski definition) is 4. The monoisotopic (exact) mass is 291 g/mol. The molecule has 1 aromatic carbocycles. The molecule has 0 aromatic heterocycles. The maximum absolute atomic E-state index is 11.9. The lowest BCUT2D eigenvalue weighted by atomic mass is 10.2. The van der Waals surface area contributed by atoms with Gasteiger partial charge < -0.3 is 15.8 Å². The van der Waals surface area contributed by atoms with Crippen molar-refractivity contribution in [3.63, 3.8) is 0 Å². The summed E-state index contributed by atoms with van der Waals surface area (Å²) in [5.74, 6) is 0.0370. The average molecular weight is 291 g/mol. The number of nitrogens with two attached hydrogens (primary N) is 1. The van der Waals surface area contributed by atoms with Gasteiger partial charge >= 0.3 is 0 Å². The summed E-state index contributed by atoms with van der Waals surface area (Å²) < 4.78 is 5.70. The Morgan fingerprint density at radius 1 is 1.38 bits per heavy atom. The lowest BCUT2D eigenvalue weighted by molar-refractivity contribution is -0.116. The van der Waals surface area contributed by atoms with Crippen LogP contribution >= 0.6 is 0 Å². The van der Waals surface area contributed by atoms with Gasteiger partial charge in [0.25, 0.3) is 0 Å². The van der Waals surface area contributed by atoms with Gasteiger partial charge in [-0.3, -0.25) is 9.69 Å². The molecule has 1 aliphatic heterocycles. The fourth-order valence-corrected chi connectivity index (χ4v) is 2.77. The molecule has 5 heteroatoms. The second-order valence-electron chi connectivity index (χ2n) is 5.79. The van der Waals surface area contributed by atoms with Crippen LogP contribution in [0.5, 0.6) is 0 Å². The van der Waals surface area contributed by atoms with Gasteiger partial charge in [-0.15, -0.1) is 0 Å². The van der Waals surface area contributed by atoms with Crippen LogP contribution in [-0.4, -0.2) is 42.6 Å². The Hall–Kier alpha value is -1.59. The molecule has 1 aliphatic rings. The molecule has 3 N–H and O–H groups in total. The summed E-state index contributed by atoms with van der Waals surface area (Å²) in [6, 6.07) is 7.25. The molecular weight excluding hydrogens is 266 g/mol. The average Bonchev–Trinajstić information content (AvgIpc) is 2.37. The molecule has 0 spiro atoms. The van der Waals surface area contributed by atoms with Crippen molar-refractivity contribution in [3.8, 4) is 0 Å². The lowest BCUT2D eigenvalue weighted by Crippen LogP contribution is -2.45. The van der Waals surface area contributed by atoms with Crippen LogP contribution in [0.2, 0.25) is 0 Å². The van der Waals surface area contributed by atoms with Crippen LogP contribution in [0.15, 0.2) is 24.3 Å². The zero-order valence-electron chi connectivity index (χ0n) is 12.8. The van der Waals surface area contributed by atoms with E-state index in [0.717, 1.165) is 31.7 Å². The third kappa shape index (κ3) is 5.36. The second-order valence-corrected chi connectivity index (χ2v) is 5.79. The van der Waals surface area contributed by atoms with Crippen molar-refractivity contribution in [1.29, 1.82) is 0 Å². The summed E-state index contributed by atoms with van der Waals surface area (Å²) in [5, 5.41) is 2.88. The summed E-state index contributed by atoms with van der Waals surface area (Å²) in [7, 11) is 0. The maximum Gasteiger partial charge on any atom is 0.224 e. The minimum Gasteiger partial charge on any atom is -0.399 e. The Balaban J connectivity index is 1.69. The third-order valence-electron chi connectivity index (χ3n) is 3.54. The van der Waals surface area contributed by atoms with Crippen LogP contribution in [0.1, 0.15) is 26.7 Å². The van der Waals surface area contributed by atoms with E-state index in [4.69, 9.17) is 10.5 Å². The van der Waals surface area contributed by atoms with E-state index < -0.39 is 0 Å². The van der Waals surface area contributed by atoms with Gasteiger partial charge in [0.1, 0.15) is 0 Å². The number of carbonyl (C=O) groups excluding carboxylic acids is 1. The van der Waals surface area contributed by atoms with Crippen molar-refractivity contribution < 1.29 is 9.53 Å². The van der Waals surface area contributed by atoms with Crippen molar-refractivity contribution in [1.82, 2.24) is 4.90 Å². The molecule has 0 radical (unpaired) electrons. The molecule has 1 heterocycles. The van der Waals surface area contributed by atoms with Crippen LogP contribution in [0.25, 0.3) is 0 Å². The first-order chi connectivity index (χ1) is 10.0. The number of nitrogens with one attached hydrogen (secondary N) is 1. The molecule has 1 aromatic rings. The van der Waals surface area contributed by atoms with E-state index in [0.29, 0.717) is 12.1 Å². The number of benzene rings is 1. The molecule has 21 heavy (non-hydrogen) atoms. The number of anilines is 2. The Morgan fingerprint density at radius 3 is 2.76 bits per heavy atom. The van der Waals surface area contributed by atoms with Gasteiger partial charge in [-0.05, 0) is 45.0 Å². The van der Waals surface area contributed by atoms with Gasteiger partial charge in [-0.1, -0.05) is 6.07 Å². The molecule has 2 atom stereocenters. The third-order valence-corrected chi connectivity index (χ3v) is 3.54. The number of rotatable bonds is 5. The van der Waals surface area contributed by atoms with Crippen LogP contribution < -0.4 is 11.1 Å². The van der Waals surface area contributed by atoms with Crippen molar-refractivity contribution in [3.05, 3.63) is 24.3 Å². The fraction of sp³-hybridized carbons (Fsp3) is 0.562. The van der Waals surface area contributed by atoms with Crippen LogP contribution in [0, 0.1) is 0 Å². The highest BCUT2D eigenvalue weighted by molar-refractivity contribution is 5.91. The molecule has 1 amide bonds. The quantitative estimate of drug-likeness (QED) is 0.815. The van der Waals surface area contributed by atoms with E-state index in [-0.39, 0.29) is 18.1 Å². The standard InChI is InChI=1S/C16H25N3O2/c1-12-10-19(11-13(2)21-12)8-4-7-16(20)18-15-6-3-5-14(17)9-15/h3,5-6,9,12-13H,4,7-8,10-11,17H2,1-2H3,(H,18,20)/t12-,13+. The largest absolute Gasteiger partial charge is 0.399 e. The van der Waals surface area contributed by atoms with Crippen molar-refractivity contribution >= 4 is 17.3 Å². The molecule has 0 aliphatic carbocycles. The molecule has 116 valence electrons. The molecule has 5 nitrogen and oxygen atoms in total. The van der Waals surface area contributed by atoms with Crippen molar-refractivity contribution in [2.45, 2.75) is 38.9 Å². The van der Waals surface area contributed by atoms with E-state index >= 15 is 0 Å². The van der Waals surface area contributed by atoms with Crippen molar-refractivity contribution in [2.24, 2.45) is 0 Å². The zero-order chi connectivity index (χ0) is 15.2. The number of hydrogen-bond donors (Lipinski definition) is 2. The number of carbonyl (C=O) groups is 1. The van der Waals surface area contributed by atoms with Crippen LogP contribution in [0.4, 0.5) is 11.4 Å². The van der Waals surface area contributed by atoms with E-state index in [1.807, 2.05) is 12.1 Å². The summed E-state index contributed by atoms with van der Waals surface area (Å²) >= 11 is 0. The van der Waals surface area contributed by atoms with E-state index in [1.165, 1.54) is 0 Å². The number of nitrogens with zero attached hydrogens (tertiary/aromatic N) is 1. The maximum atomic E-state index is 11.9. The van der Waals surface area contributed by atoms with Crippen LogP contribution in [-0.2, 0) is 9.53 Å². The Morgan fingerprint density at radius 2 is 2.10 bits per heavy atom. The molecule has 0 saturated carbocycles. The van der Waals surface area contributed by atoms with E-state index in [1.54, 1.807) is 12.1 Å². The lowest BCUT2D eigenvalue weighted by Gasteiger charge is -2.35. The topological polar surface area (TPSA) is 67.6 Å². The van der Waals surface area contributed by atoms with Gasteiger partial charge in [-0.25, -0.2) is 0 Å². The van der Waals surface area contributed by atoms with Gasteiger partial charge in [0.05, 0.1) is 12.2 Å². The normalized spacial score (nSPS) is 23.0. The van der Waals surface area contributed by atoms with Gasteiger partial charge in [-0.2, -0.15) is 0 Å². The number of amides is 1. The van der Waals surface area contributed by atoms with E-state index in [2.05, 4.69) is 24.1 Å². The first kappa shape index (κ1) is 15.8. The molecular formula is C16H25N3O2. The first-order valence-corrected chi connectivity index (χ1v) is 7.56. The second kappa shape index (κ2) is 7.43. The minimum atomic E-state index is 0.0370. The predicted octanol–water partition coefficient (Wildman–Crippen LogP) is 2.10. The van der Waals surface area contributed by atoms with Crippen molar-refractivity contribution in [2.75, 3.05) is 30.7 Å². The molecule has 1 fully saturated rings. The Kier molecular flexibility index (Phi) is 5.59. The van der Waals surface area contributed by atoms with Crippen LogP contribution in [0.3, 0.4) is 0 Å². The molecule has 0 bridgehead atoms. The highest BCUT2D eigenvalue weighted by atomic mass is 16.5. The number of nitrogen functional groups attached to an aromatic ring is 1. The summed E-state index contributed by atoms with van der Waals surface area (Å²) in [4.78, 5) is 14.3. The molecule has 0 unspecified atom stereocenters. The van der Waals surface area contributed by atoms with E-state index in [9.17, 15) is 4.79 Å². The Labute approximate surface area is 126 Å². The minimum absolute atomic E-state index is 0.0370. The first-order valence-electron chi connectivity index (χ1n) is 7.56. The summed E-state index contributed by atoms with van der Waals surface area (Å²) in [6.45, 7) is 7.01. The predicted molar refractivity (Wildman–Crippen MR) is 85.2 cm³/mol. The summed E-state index contributed by atoms with van der Waals surface area (Å²) in [5.41, 5.74) is 7.10. The SMILES string of the molecule is C[C@@H]1CN(CCCC(=O)Nc2cccc(N)c2)C[C@H](C)O1. The molecule has 2 rings (SSSR count). The number of morpholine rings is 1. The highest BCUT2D eigenvalue weighted by Crippen LogP contribution is 2.13. The Bertz CT molecular complexity index is 468. The van der Waals surface area contributed by atoms with Gasteiger partial charge in [0, 0.05) is 30.9 Å². The van der Waals surface area contributed by atoms with Gasteiger partial charge in [0.2, 0.25) is 5.91 Å². The smallest absolute Gasteiger partial charge is 0.224 e. The highest BCUT2D eigenvalue weighted by Gasteiger charge is 2.21. The fourth-order valence-electron chi connectivity index (χ4n) is 2.77. The number of ether oxygens (including phenoxy) is 1. The summed E-state index contributed by atoms with van der Waals surface area (Å²) in [6.07, 6.45) is 1.92. The zero-order valence-corrected chi connectivity index (χ0v) is 12.8.